The Hall–Kier alpha value is -0.640. The molecule has 1 saturated carbocycles. The maximum atomic E-state index is 3.56. The van der Waals surface area contributed by atoms with Gasteiger partial charge >= 0.3 is 0 Å². The molecule has 0 amide bonds. The number of thiophene rings is 1. The van der Waals surface area contributed by atoms with Crippen LogP contribution < -0.4 is 5.32 Å². The van der Waals surface area contributed by atoms with E-state index in [0.29, 0.717) is 0 Å². The van der Waals surface area contributed by atoms with Crippen molar-refractivity contribution >= 4 is 27.3 Å². The number of rotatable bonds is 5. The van der Waals surface area contributed by atoms with E-state index in [-0.39, 0.29) is 0 Å². The molecular weight excluding hydrogens is 306 g/mol. The first-order valence-corrected chi connectivity index (χ1v) is 8.01. The standard InChI is InChI=1S/C15H16BrNS/c16-14-7-8-18-15(14)10-17-9-11-1-3-12(4-2-11)13-5-6-13/h1-4,7-8,13,17H,5-6,9-10H2. The van der Waals surface area contributed by atoms with Crippen molar-refractivity contribution in [3.63, 3.8) is 0 Å². The maximum Gasteiger partial charge on any atom is 0.0327 e. The first-order valence-electron chi connectivity index (χ1n) is 6.34. The minimum absolute atomic E-state index is 0.856. The molecule has 94 valence electrons. The minimum atomic E-state index is 0.856. The third-order valence-corrected chi connectivity index (χ3v) is 5.26. The van der Waals surface area contributed by atoms with Gasteiger partial charge in [0.1, 0.15) is 0 Å². The average molecular weight is 322 g/mol. The molecule has 0 bridgehead atoms. The molecule has 18 heavy (non-hydrogen) atoms. The lowest BCUT2D eigenvalue weighted by atomic mass is 10.1. The molecule has 0 saturated heterocycles. The van der Waals surface area contributed by atoms with Gasteiger partial charge in [-0.05, 0) is 57.3 Å². The fourth-order valence-corrected chi connectivity index (χ4v) is 3.56. The van der Waals surface area contributed by atoms with Crippen LogP contribution in [0.25, 0.3) is 0 Å². The van der Waals surface area contributed by atoms with E-state index in [2.05, 4.69) is 57.0 Å². The fourth-order valence-electron chi connectivity index (χ4n) is 2.10. The summed E-state index contributed by atoms with van der Waals surface area (Å²) in [5, 5.41) is 5.61. The summed E-state index contributed by atoms with van der Waals surface area (Å²) in [6, 6.07) is 11.2. The third kappa shape index (κ3) is 3.02. The number of hydrogen-bond donors (Lipinski definition) is 1. The third-order valence-electron chi connectivity index (χ3n) is 3.33. The van der Waals surface area contributed by atoms with Crippen LogP contribution in [-0.2, 0) is 13.1 Å². The Morgan fingerprint density at radius 1 is 1.11 bits per heavy atom. The zero-order valence-corrected chi connectivity index (χ0v) is 12.6. The van der Waals surface area contributed by atoms with E-state index < -0.39 is 0 Å². The molecule has 0 atom stereocenters. The van der Waals surface area contributed by atoms with Crippen LogP contribution in [0.15, 0.2) is 40.2 Å². The van der Waals surface area contributed by atoms with Crippen molar-refractivity contribution in [3.05, 3.63) is 56.2 Å². The maximum absolute atomic E-state index is 3.56. The molecule has 1 fully saturated rings. The predicted octanol–water partition coefficient (Wildman–Crippen LogP) is 4.68. The van der Waals surface area contributed by atoms with Gasteiger partial charge in [0.05, 0.1) is 0 Å². The largest absolute Gasteiger partial charge is 0.308 e. The summed E-state index contributed by atoms with van der Waals surface area (Å²) in [6.45, 7) is 1.87. The second-order valence-corrected chi connectivity index (χ2v) is 6.67. The van der Waals surface area contributed by atoms with E-state index in [4.69, 9.17) is 0 Å². The highest BCUT2D eigenvalue weighted by Gasteiger charge is 2.22. The topological polar surface area (TPSA) is 12.0 Å². The van der Waals surface area contributed by atoms with E-state index >= 15 is 0 Å². The zero-order chi connectivity index (χ0) is 12.4. The fraction of sp³-hybridized carbons (Fsp3) is 0.333. The monoisotopic (exact) mass is 321 g/mol. The van der Waals surface area contributed by atoms with Gasteiger partial charge in [0.2, 0.25) is 0 Å². The quantitative estimate of drug-likeness (QED) is 0.843. The first kappa shape index (κ1) is 12.4. The molecule has 1 heterocycles. The average Bonchev–Trinajstić information content (AvgIpc) is 3.16. The van der Waals surface area contributed by atoms with Crippen molar-refractivity contribution in [1.82, 2.24) is 5.32 Å². The highest BCUT2D eigenvalue weighted by molar-refractivity contribution is 9.10. The normalized spacial score (nSPS) is 14.9. The molecule has 1 aliphatic carbocycles. The van der Waals surface area contributed by atoms with E-state index in [1.165, 1.54) is 33.3 Å². The van der Waals surface area contributed by atoms with Gasteiger partial charge in [-0.2, -0.15) is 0 Å². The minimum Gasteiger partial charge on any atom is -0.308 e. The molecule has 1 nitrogen and oxygen atoms in total. The molecule has 1 aliphatic rings. The lowest BCUT2D eigenvalue weighted by Gasteiger charge is -2.05. The Kier molecular flexibility index (Phi) is 3.83. The Balaban J connectivity index is 1.52. The summed E-state index contributed by atoms with van der Waals surface area (Å²) in [5.41, 5.74) is 2.88. The molecule has 2 aromatic rings. The van der Waals surface area contributed by atoms with Crippen molar-refractivity contribution in [2.45, 2.75) is 31.8 Å². The van der Waals surface area contributed by atoms with Gasteiger partial charge in [0.15, 0.2) is 0 Å². The van der Waals surface area contributed by atoms with Crippen LogP contribution in [-0.4, -0.2) is 0 Å². The summed E-state index contributed by atoms with van der Waals surface area (Å²) < 4.78 is 1.21. The SMILES string of the molecule is Brc1ccsc1CNCc1ccc(C2CC2)cc1. The van der Waals surface area contributed by atoms with Crippen LogP contribution in [0, 0.1) is 0 Å². The van der Waals surface area contributed by atoms with Gasteiger partial charge in [0.25, 0.3) is 0 Å². The molecule has 3 heteroatoms. The van der Waals surface area contributed by atoms with Crippen molar-refractivity contribution in [3.8, 4) is 0 Å². The molecule has 1 N–H and O–H groups in total. The highest BCUT2D eigenvalue weighted by atomic mass is 79.9. The van der Waals surface area contributed by atoms with Gasteiger partial charge in [-0.25, -0.2) is 0 Å². The van der Waals surface area contributed by atoms with Gasteiger partial charge < -0.3 is 5.32 Å². The first-order chi connectivity index (χ1) is 8.83. The lowest BCUT2D eigenvalue weighted by Crippen LogP contribution is -2.11. The zero-order valence-electron chi connectivity index (χ0n) is 10.2. The smallest absolute Gasteiger partial charge is 0.0327 e. The molecule has 1 aromatic heterocycles. The lowest BCUT2D eigenvalue weighted by molar-refractivity contribution is 0.699. The molecule has 0 unspecified atom stereocenters. The van der Waals surface area contributed by atoms with Crippen molar-refractivity contribution < 1.29 is 0 Å². The molecule has 0 radical (unpaired) electrons. The molecule has 1 aromatic carbocycles. The Morgan fingerprint density at radius 2 is 1.89 bits per heavy atom. The van der Waals surface area contributed by atoms with Crippen LogP contribution in [0.4, 0.5) is 0 Å². The molecule has 0 aliphatic heterocycles. The van der Waals surface area contributed by atoms with Crippen molar-refractivity contribution in [2.24, 2.45) is 0 Å². The van der Waals surface area contributed by atoms with Crippen LogP contribution >= 0.6 is 27.3 Å². The van der Waals surface area contributed by atoms with Gasteiger partial charge in [-0.15, -0.1) is 11.3 Å². The van der Waals surface area contributed by atoms with Crippen LogP contribution in [0.3, 0.4) is 0 Å². The number of benzene rings is 1. The van der Waals surface area contributed by atoms with Crippen LogP contribution in [0.1, 0.15) is 34.8 Å². The summed E-state index contributed by atoms with van der Waals surface area (Å²) in [6.07, 6.45) is 2.76. The van der Waals surface area contributed by atoms with Crippen LogP contribution in [0.2, 0.25) is 0 Å². The number of halogens is 1. The summed E-state index contributed by atoms with van der Waals surface area (Å²) in [7, 11) is 0. The molecule has 3 rings (SSSR count). The van der Waals surface area contributed by atoms with Crippen molar-refractivity contribution in [2.75, 3.05) is 0 Å². The van der Waals surface area contributed by atoms with Gasteiger partial charge in [-0.1, -0.05) is 24.3 Å². The van der Waals surface area contributed by atoms with Gasteiger partial charge in [0, 0.05) is 22.4 Å². The predicted molar refractivity (Wildman–Crippen MR) is 81.0 cm³/mol. The second-order valence-electron chi connectivity index (χ2n) is 4.81. The Morgan fingerprint density at radius 3 is 2.50 bits per heavy atom. The van der Waals surface area contributed by atoms with E-state index in [1.54, 1.807) is 11.3 Å². The van der Waals surface area contributed by atoms with Crippen LogP contribution in [0.5, 0.6) is 0 Å². The summed E-state index contributed by atoms with van der Waals surface area (Å²) in [5.74, 6) is 0.856. The van der Waals surface area contributed by atoms with E-state index in [0.717, 1.165) is 19.0 Å². The molecular formula is C15H16BrNS. The van der Waals surface area contributed by atoms with Crippen molar-refractivity contribution in [1.29, 1.82) is 0 Å². The second kappa shape index (κ2) is 5.55. The highest BCUT2D eigenvalue weighted by Crippen LogP contribution is 2.39. The van der Waals surface area contributed by atoms with E-state index in [1.807, 2.05) is 0 Å². The summed E-state index contributed by atoms with van der Waals surface area (Å²) in [4.78, 5) is 1.37. The Labute approximate surface area is 120 Å². The molecule has 0 spiro atoms. The number of hydrogen-bond acceptors (Lipinski definition) is 2. The summed E-state index contributed by atoms with van der Waals surface area (Å²) >= 11 is 5.35. The van der Waals surface area contributed by atoms with E-state index in [9.17, 15) is 0 Å². The number of nitrogens with one attached hydrogen (secondary N) is 1. The van der Waals surface area contributed by atoms with Gasteiger partial charge in [-0.3, -0.25) is 0 Å². The Bertz CT molecular complexity index is 514.